The fourth-order valence-electron chi connectivity index (χ4n) is 3.72. The molecule has 2 amide bonds. The van der Waals surface area contributed by atoms with Crippen LogP contribution in [0.2, 0.25) is 0 Å². The predicted molar refractivity (Wildman–Crippen MR) is 128 cm³/mol. The molecular weight excluding hydrogens is 473 g/mol. The molecule has 1 saturated heterocycles. The number of piperazine rings is 1. The minimum absolute atomic E-state index is 0.0283. The number of urea groups is 1. The highest BCUT2D eigenvalue weighted by molar-refractivity contribution is 5.99. The van der Waals surface area contributed by atoms with Crippen molar-refractivity contribution in [3.63, 3.8) is 0 Å². The van der Waals surface area contributed by atoms with Crippen molar-refractivity contribution in [1.29, 1.82) is 0 Å². The van der Waals surface area contributed by atoms with Gasteiger partial charge in [0.25, 0.3) is 0 Å². The summed E-state index contributed by atoms with van der Waals surface area (Å²) in [6.45, 7) is 3.21. The van der Waals surface area contributed by atoms with Crippen molar-refractivity contribution >= 4 is 17.5 Å². The number of anilines is 2. The van der Waals surface area contributed by atoms with Gasteiger partial charge in [-0.25, -0.2) is 9.78 Å². The number of carbonyl (C=O) groups is 1. The number of amides is 2. The van der Waals surface area contributed by atoms with Crippen molar-refractivity contribution in [1.82, 2.24) is 29.5 Å². The SMILES string of the molecule is CN1CCN(Cc2ccc(NC(=O)Nc3cc(C#Cc4cnccn4)n(C)n3)cc2C(F)(F)F)CC1. The molecule has 1 aliphatic heterocycles. The number of aromatic nitrogens is 4. The zero-order valence-corrected chi connectivity index (χ0v) is 19.8. The van der Waals surface area contributed by atoms with Crippen LogP contribution in [0.1, 0.15) is 22.5 Å². The van der Waals surface area contributed by atoms with Gasteiger partial charge in [-0.15, -0.1) is 0 Å². The molecule has 2 N–H and O–H groups in total. The van der Waals surface area contributed by atoms with E-state index in [1.165, 1.54) is 35.4 Å². The molecule has 0 saturated carbocycles. The summed E-state index contributed by atoms with van der Waals surface area (Å²) < 4.78 is 42.8. The zero-order valence-electron chi connectivity index (χ0n) is 19.8. The molecule has 0 atom stereocenters. The topological polar surface area (TPSA) is 91.2 Å². The van der Waals surface area contributed by atoms with Gasteiger partial charge < -0.3 is 10.2 Å². The third-order valence-electron chi connectivity index (χ3n) is 5.67. The molecule has 0 spiro atoms. The smallest absolute Gasteiger partial charge is 0.308 e. The molecule has 188 valence electrons. The Hall–Kier alpha value is -3.95. The highest BCUT2D eigenvalue weighted by Crippen LogP contribution is 2.34. The molecule has 36 heavy (non-hydrogen) atoms. The Kier molecular flexibility index (Phi) is 7.52. The van der Waals surface area contributed by atoms with Crippen LogP contribution < -0.4 is 10.6 Å². The summed E-state index contributed by atoms with van der Waals surface area (Å²) in [4.78, 5) is 24.6. The number of nitrogens with one attached hydrogen (secondary N) is 2. The molecule has 1 aliphatic rings. The van der Waals surface area contributed by atoms with Gasteiger partial charge in [-0.2, -0.15) is 18.3 Å². The van der Waals surface area contributed by atoms with Gasteiger partial charge in [0.05, 0.1) is 11.8 Å². The normalized spacial score (nSPS) is 14.7. The van der Waals surface area contributed by atoms with Crippen LogP contribution in [-0.4, -0.2) is 68.8 Å². The highest BCUT2D eigenvalue weighted by Gasteiger charge is 2.34. The van der Waals surface area contributed by atoms with E-state index in [1.807, 2.05) is 11.9 Å². The zero-order chi connectivity index (χ0) is 25.7. The van der Waals surface area contributed by atoms with E-state index >= 15 is 0 Å². The van der Waals surface area contributed by atoms with E-state index in [0.717, 1.165) is 19.2 Å². The number of hydrogen-bond acceptors (Lipinski definition) is 6. The van der Waals surface area contributed by atoms with Crippen LogP contribution in [0.5, 0.6) is 0 Å². The van der Waals surface area contributed by atoms with E-state index in [4.69, 9.17) is 0 Å². The standard InChI is InChI=1S/C24H25F3N8O/c1-33-9-11-35(12-10-33)16-17-3-4-18(13-21(17)24(25,26)27)30-23(36)31-22-14-20(34(2)32-22)6-5-19-15-28-7-8-29-19/h3-4,7-8,13-15H,9-12,16H2,1-2H3,(H2,30,31,32,36). The average Bonchev–Trinajstić information content (AvgIpc) is 3.18. The van der Waals surface area contributed by atoms with Gasteiger partial charge in [-0.1, -0.05) is 6.07 Å². The number of rotatable bonds is 4. The number of benzene rings is 1. The molecule has 0 bridgehead atoms. The van der Waals surface area contributed by atoms with Gasteiger partial charge in [0.1, 0.15) is 11.4 Å². The number of aryl methyl sites for hydroxylation is 1. The minimum atomic E-state index is -4.55. The molecule has 9 nitrogen and oxygen atoms in total. The summed E-state index contributed by atoms with van der Waals surface area (Å²) in [7, 11) is 3.64. The number of alkyl halides is 3. The van der Waals surface area contributed by atoms with Crippen LogP contribution in [0.4, 0.5) is 29.5 Å². The third-order valence-corrected chi connectivity index (χ3v) is 5.67. The molecule has 2 aromatic heterocycles. The number of halogens is 3. The fourth-order valence-corrected chi connectivity index (χ4v) is 3.72. The Balaban J connectivity index is 1.43. The summed E-state index contributed by atoms with van der Waals surface area (Å²) in [6, 6.07) is 4.67. The van der Waals surface area contributed by atoms with Crippen molar-refractivity contribution in [2.45, 2.75) is 12.7 Å². The average molecular weight is 499 g/mol. The molecular formula is C24H25F3N8O. The van der Waals surface area contributed by atoms with Crippen molar-refractivity contribution in [3.8, 4) is 11.8 Å². The van der Waals surface area contributed by atoms with Crippen LogP contribution in [0.15, 0.2) is 42.9 Å². The summed E-state index contributed by atoms with van der Waals surface area (Å²) >= 11 is 0. The Morgan fingerprint density at radius 1 is 1.06 bits per heavy atom. The molecule has 1 aromatic carbocycles. The number of carbonyl (C=O) groups excluding carboxylic acids is 1. The molecule has 1 fully saturated rings. The largest absolute Gasteiger partial charge is 0.416 e. The second kappa shape index (κ2) is 10.8. The second-order valence-electron chi connectivity index (χ2n) is 8.41. The summed E-state index contributed by atoms with van der Waals surface area (Å²) in [5.41, 5.74) is 0.416. The lowest BCUT2D eigenvalue weighted by Gasteiger charge is -2.33. The maximum Gasteiger partial charge on any atom is 0.416 e. The van der Waals surface area contributed by atoms with E-state index in [-0.39, 0.29) is 23.6 Å². The van der Waals surface area contributed by atoms with Crippen LogP contribution in [0.25, 0.3) is 0 Å². The Labute approximate surface area is 206 Å². The minimum Gasteiger partial charge on any atom is -0.308 e. The molecule has 12 heteroatoms. The van der Waals surface area contributed by atoms with Gasteiger partial charge in [0.15, 0.2) is 5.82 Å². The molecule has 3 heterocycles. The van der Waals surface area contributed by atoms with Gasteiger partial charge in [-0.05, 0) is 36.6 Å². The second-order valence-corrected chi connectivity index (χ2v) is 8.41. The van der Waals surface area contributed by atoms with E-state index in [2.05, 4.69) is 42.4 Å². The fraction of sp³-hybridized carbons (Fsp3) is 0.333. The summed E-state index contributed by atoms with van der Waals surface area (Å²) in [5.74, 6) is 5.92. The van der Waals surface area contributed by atoms with Gasteiger partial charge in [0.2, 0.25) is 0 Å². The first-order valence-corrected chi connectivity index (χ1v) is 11.2. The van der Waals surface area contributed by atoms with Crippen LogP contribution >= 0.6 is 0 Å². The first-order chi connectivity index (χ1) is 17.2. The maximum absolute atomic E-state index is 13.8. The van der Waals surface area contributed by atoms with Gasteiger partial charge in [-0.3, -0.25) is 19.9 Å². The van der Waals surface area contributed by atoms with Crippen LogP contribution in [0, 0.1) is 11.8 Å². The number of nitrogens with zero attached hydrogens (tertiary/aromatic N) is 6. The molecule has 0 radical (unpaired) electrons. The predicted octanol–water partition coefficient (Wildman–Crippen LogP) is 3.02. The quantitative estimate of drug-likeness (QED) is 0.538. The van der Waals surface area contributed by atoms with Crippen molar-refractivity contribution in [2.75, 3.05) is 43.9 Å². The van der Waals surface area contributed by atoms with Crippen LogP contribution in [0.3, 0.4) is 0 Å². The first kappa shape index (κ1) is 25.2. The lowest BCUT2D eigenvalue weighted by molar-refractivity contribution is -0.138. The third kappa shape index (κ3) is 6.59. The molecule has 4 rings (SSSR count). The molecule has 0 aliphatic carbocycles. The van der Waals surface area contributed by atoms with E-state index in [9.17, 15) is 18.0 Å². The number of likely N-dealkylation sites (N-methyl/N-ethyl adjacent to an activating group) is 1. The van der Waals surface area contributed by atoms with Crippen LogP contribution in [-0.2, 0) is 19.8 Å². The Morgan fingerprint density at radius 3 is 2.53 bits per heavy atom. The monoisotopic (exact) mass is 498 g/mol. The van der Waals surface area contributed by atoms with Crippen molar-refractivity contribution in [2.24, 2.45) is 7.05 Å². The summed E-state index contributed by atoms with van der Waals surface area (Å²) in [6.07, 6.45) is 0.0255. The molecule has 0 unspecified atom stereocenters. The van der Waals surface area contributed by atoms with Crippen molar-refractivity contribution in [3.05, 3.63) is 65.4 Å². The first-order valence-electron chi connectivity index (χ1n) is 11.2. The van der Waals surface area contributed by atoms with Gasteiger partial charge in [0, 0.05) is 63.9 Å². The van der Waals surface area contributed by atoms with Gasteiger partial charge >= 0.3 is 12.2 Å². The number of hydrogen-bond donors (Lipinski definition) is 2. The summed E-state index contributed by atoms with van der Waals surface area (Å²) in [5, 5.41) is 9.14. The van der Waals surface area contributed by atoms with E-state index in [1.54, 1.807) is 13.1 Å². The highest BCUT2D eigenvalue weighted by atomic mass is 19.4. The lowest BCUT2D eigenvalue weighted by atomic mass is 10.0. The maximum atomic E-state index is 13.8. The Bertz CT molecular complexity index is 1270. The molecule has 3 aromatic rings. The Morgan fingerprint density at radius 2 is 1.83 bits per heavy atom. The lowest BCUT2D eigenvalue weighted by Crippen LogP contribution is -2.44. The van der Waals surface area contributed by atoms with E-state index in [0.29, 0.717) is 24.5 Å². The van der Waals surface area contributed by atoms with E-state index < -0.39 is 17.8 Å². The van der Waals surface area contributed by atoms with Crippen molar-refractivity contribution < 1.29 is 18.0 Å².